The highest BCUT2D eigenvalue weighted by molar-refractivity contribution is 7.98. The van der Waals surface area contributed by atoms with Gasteiger partial charge in [-0.25, -0.2) is 4.39 Å². The van der Waals surface area contributed by atoms with Gasteiger partial charge in [0.25, 0.3) is 0 Å². The lowest BCUT2D eigenvalue weighted by Crippen LogP contribution is -1.86. The summed E-state index contributed by atoms with van der Waals surface area (Å²) in [6, 6.07) is 3.70. The molecule has 0 fully saturated rings. The van der Waals surface area contributed by atoms with E-state index in [0.717, 1.165) is 15.9 Å². The third-order valence-electron chi connectivity index (χ3n) is 2.03. The van der Waals surface area contributed by atoms with Crippen LogP contribution in [0.3, 0.4) is 0 Å². The zero-order chi connectivity index (χ0) is 10.1. The Hall–Kier alpha value is -0.870. The Morgan fingerprint density at radius 2 is 2.29 bits per heavy atom. The fourth-order valence-corrected chi connectivity index (χ4v) is 2.79. The van der Waals surface area contributed by atoms with Gasteiger partial charge in [0.1, 0.15) is 5.82 Å². The lowest BCUT2D eigenvalue weighted by atomic mass is 10.1. The molecule has 2 aromatic rings. The topological polar surface area (TPSA) is 17.1 Å². The van der Waals surface area contributed by atoms with Crippen molar-refractivity contribution in [3.8, 4) is 0 Å². The number of halogens is 1. The first-order chi connectivity index (χ1) is 6.77. The quantitative estimate of drug-likeness (QED) is 0.575. The molecule has 0 spiro atoms. The number of thiophene rings is 1. The molecule has 14 heavy (non-hydrogen) atoms. The summed E-state index contributed by atoms with van der Waals surface area (Å²) in [5.74, 6) is -0.303. The van der Waals surface area contributed by atoms with Crippen LogP contribution in [-0.2, 0) is 0 Å². The van der Waals surface area contributed by atoms with Gasteiger partial charge in [-0.3, -0.25) is 4.79 Å². The average Bonchev–Trinajstić information content (AvgIpc) is 2.59. The summed E-state index contributed by atoms with van der Waals surface area (Å²) in [6.07, 6.45) is 2.60. The Bertz CT molecular complexity index is 490. The summed E-state index contributed by atoms with van der Waals surface area (Å²) in [4.78, 5) is 11.7. The van der Waals surface area contributed by atoms with Crippen LogP contribution in [0.15, 0.2) is 22.4 Å². The highest BCUT2D eigenvalue weighted by Gasteiger charge is 2.11. The SMILES string of the molecule is CSc1ccc2scc(F)c2c1C=O. The van der Waals surface area contributed by atoms with Crippen LogP contribution in [-0.4, -0.2) is 12.5 Å². The molecule has 0 radical (unpaired) electrons. The molecule has 4 heteroatoms. The molecule has 2 rings (SSSR count). The van der Waals surface area contributed by atoms with Gasteiger partial charge in [-0.1, -0.05) is 0 Å². The highest BCUT2D eigenvalue weighted by atomic mass is 32.2. The number of aldehydes is 1. The van der Waals surface area contributed by atoms with Gasteiger partial charge in [0.15, 0.2) is 6.29 Å². The molecule has 0 saturated carbocycles. The fraction of sp³-hybridized carbons (Fsp3) is 0.100. The monoisotopic (exact) mass is 226 g/mol. The molecule has 0 unspecified atom stereocenters. The zero-order valence-corrected chi connectivity index (χ0v) is 9.05. The largest absolute Gasteiger partial charge is 0.298 e. The minimum atomic E-state index is -0.303. The molecule has 0 atom stereocenters. The third kappa shape index (κ3) is 1.35. The first-order valence-corrected chi connectivity index (χ1v) is 6.07. The first kappa shape index (κ1) is 9.68. The van der Waals surface area contributed by atoms with E-state index in [1.165, 1.54) is 28.5 Å². The summed E-state index contributed by atoms with van der Waals surface area (Å²) in [5.41, 5.74) is 0.466. The number of fused-ring (bicyclic) bond motifs is 1. The average molecular weight is 226 g/mol. The van der Waals surface area contributed by atoms with Crippen molar-refractivity contribution in [2.75, 3.05) is 6.26 Å². The molecule has 1 aromatic carbocycles. The second kappa shape index (κ2) is 3.71. The molecule has 0 bridgehead atoms. The van der Waals surface area contributed by atoms with Crippen molar-refractivity contribution < 1.29 is 9.18 Å². The van der Waals surface area contributed by atoms with Crippen molar-refractivity contribution in [1.29, 1.82) is 0 Å². The number of thioether (sulfide) groups is 1. The van der Waals surface area contributed by atoms with Gasteiger partial charge in [0.05, 0.1) is 0 Å². The smallest absolute Gasteiger partial charge is 0.151 e. The van der Waals surface area contributed by atoms with E-state index in [4.69, 9.17) is 0 Å². The van der Waals surface area contributed by atoms with Gasteiger partial charge in [-0.2, -0.15) is 0 Å². The van der Waals surface area contributed by atoms with E-state index in [0.29, 0.717) is 10.9 Å². The maximum Gasteiger partial charge on any atom is 0.151 e. The van der Waals surface area contributed by atoms with Gasteiger partial charge < -0.3 is 0 Å². The second-order valence-corrected chi connectivity index (χ2v) is 4.52. The molecule has 1 heterocycles. The molecule has 0 aliphatic rings. The molecule has 72 valence electrons. The van der Waals surface area contributed by atoms with E-state index in [1.54, 1.807) is 0 Å². The van der Waals surface area contributed by atoms with E-state index in [2.05, 4.69) is 0 Å². The summed E-state index contributed by atoms with van der Waals surface area (Å²) >= 11 is 2.77. The van der Waals surface area contributed by atoms with E-state index in [-0.39, 0.29) is 5.82 Å². The minimum Gasteiger partial charge on any atom is -0.298 e. The molecule has 0 amide bonds. The van der Waals surface area contributed by atoms with E-state index in [9.17, 15) is 9.18 Å². The Labute approximate surface area is 88.9 Å². The standard InChI is InChI=1S/C10H7FOS2/c1-13-8-2-3-9-10(6(8)4-12)7(11)5-14-9/h2-5H,1H3. The Morgan fingerprint density at radius 3 is 2.93 bits per heavy atom. The van der Waals surface area contributed by atoms with Crippen LogP contribution in [0.25, 0.3) is 10.1 Å². The summed E-state index contributed by atoms with van der Waals surface area (Å²) in [6.45, 7) is 0. The van der Waals surface area contributed by atoms with Crippen LogP contribution < -0.4 is 0 Å². The maximum absolute atomic E-state index is 13.4. The van der Waals surface area contributed by atoms with Crippen LogP contribution in [0.1, 0.15) is 10.4 Å². The summed E-state index contributed by atoms with van der Waals surface area (Å²) in [7, 11) is 0. The van der Waals surface area contributed by atoms with E-state index < -0.39 is 0 Å². The van der Waals surface area contributed by atoms with E-state index >= 15 is 0 Å². The summed E-state index contributed by atoms with van der Waals surface area (Å²) < 4.78 is 14.2. The van der Waals surface area contributed by atoms with Gasteiger partial charge in [0, 0.05) is 25.9 Å². The molecule has 1 nitrogen and oxygen atoms in total. The predicted octanol–water partition coefficient (Wildman–Crippen LogP) is 3.57. The fourth-order valence-electron chi connectivity index (χ4n) is 1.39. The van der Waals surface area contributed by atoms with Crippen molar-refractivity contribution in [3.63, 3.8) is 0 Å². The van der Waals surface area contributed by atoms with Crippen LogP contribution in [0.5, 0.6) is 0 Å². The lowest BCUT2D eigenvalue weighted by Gasteiger charge is -2.01. The van der Waals surface area contributed by atoms with Crippen LogP contribution in [0.2, 0.25) is 0 Å². The van der Waals surface area contributed by atoms with Crippen molar-refractivity contribution in [3.05, 3.63) is 28.9 Å². The molecule has 0 saturated heterocycles. The van der Waals surface area contributed by atoms with Crippen LogP contribution in [0, 0.1) is 5.82 Å². The van der Waals surface area contributed by atoms with E-state index in [1.807, 2.05) is 18.4 Å². The van der Waals surface area contributed by atoms with Gasteiger partial charge >= 0.3 is 0 Å². The Balaban J connectivity index is 2.87. The molecular formula is C10H7FOS2. The molecule has 0 aliphatic carbocycles. The number of carbonyl (C=O) groups excluding carboxylic acids is 1. The number of benzene rings is 1. The number of carbonyl (C=O) groups is 1. The second-order valence-electron chi connectivity index (χ2n) is 2.76. The maximum atomic E-state index is 13.4. The van der Waals surface area contributed by atoms with Crippen LogP contribution >= 0.6 is 23.1 Å². The normalized spacial score (nSPS) is 10.7. The molecule has 0 N–H and O–H groups in total. The van der Waals surface area contributed by atoms with Crippen molar-refractivity contribution in [2.24, 2.45) is 0 Å². The minimum absolute atomic E-state index is 0.303. The van der Waals surface area contributed by atoms with Crippen LogP contribution in [0.4, 0.5) is 4.39 Å². The zero-order valence-electron chi connectivity index (χ0n) is 7.41. The molecular weight excluding hydrogens is 219 g/mol. The third-order valence-corrected chi connectivity index (χ3v) is 3.75. The Morgan fingerprint density at radius 1 is 1.50 bits per heavy atom. The molecule has 1 aromatic heterocycles. The lowest BCUT2D eigenvalue weighted by molar-refractivity contribution is 0.112. The van der Waals surface area contributed by atoms with Gasteiger partial charge in [-0.05, 0) is 18.4 Å². The Kier molecular flexibility index (Phi) is 2.56. The highest BCUT2D eigenvalue weighted by Crippen LogP contribution is 2.32. The van der Waals surface area contributed by atoms with Gasteiger partial charge in [-0.15, -0.1) is 23.1 Å². The predicted molar refractivity (Wildman–Crippen MR) is 59.0 cm³/mol. The number of rotatable bonds is 2. The number of hydrogen-bond acceptors (Lipinski definition) is 3. The van der Waals surface area contributed by atoms with Crippen molar-refractivity contribution in [2.45, 2.75) is 4.90 Å². The van der Waals surface area contributed by atoms with Gasteiger partial charge in [0.2, 0.25) is 0 Å². The first-order valence-electron chi connectivity index (χ1n) is 3.96. The summed E-state index contributed by atoms with van der Waals surface area (Å²) in [5, 5.41) is 1.89. The van der Waals surface area contributed by atoms with Crippen molar-refractivity contribution >= 4 is 39.5 Å². The molecule has 0 aliphatic heterocycles. The number of hydrogen-bond donors (Lipinski definition) is 0. The van der Waals surface area contributed by atoms with Crippen molar-refractivity contribution in [1.82, 2.24) is 0 Å².